The largest absolute Gasteiger partial charge is 0.469 e. The van der Waals surface area contributed by atoms with Crippen molar-refractivity contribution in [1.82, 2.24) is 0 Å². The maximum Gasteiger partial charge on any atom is 0.309 e. The summed E-state index contributed by atoms with van der Waals surface area (Å²) in [5.41, 5.74) is 7.38. The summed E-state index contributed by atoms with van der Waals surface area (Å²) in [6, 6.07) is 11.5. The molecule has 0 aliphatic rings. The third kappa shape index (κ3) is 1.98. The molecule has 2 rings (SSSR count). The third-order valence-corrected chi connectivity index (χ3v) is 2.56. The van der Waals surface area contributed by atoms with Gasteiger partial charge in [-0.1, -0.05) is 24.3 Å². The van der Waals surface area contributed by atoms with Crippen molar-refractivity contribution in [2.24, 2.45) is 0 Å². The number of carbonyl (C=O) groups is 1. The van der Waals surface area contributed by atoms with E-state index in [9.17, 15) is 4.79 Å². The van der Waals surface area contributed by atoms with Crippen molar-refractivity contribution in [2.75, 3.05) is 12.8 Å². The van der Waals surface area contributed by atoms with Gasteiger partial charge in [0.25, 0.3) is 0 Å². The molecule has 2 aromatic rings. The van der Waals surface area contributed by atoms with Crippen LogP contribution in [0.5, 0.6) is 0 Å². The van der Waals surface area contributed by atoms with Gasteiger partial charge in [-0.2, -0.15) is 0 Å². The van der Waals surface area contributed by atoms with Gasteiger partial charge in [0.1, 0.15) is 0 Å². The summed E-state index contributed by atoms with van der Waals surface area (Å²) >= 11 is 0. The number of anilines is 1. The third-order valence-electron chi connectivity index (χ3n) is 2.56. The molecule has 0 radical (unpaired) electrons. The van der Waals surface area contributed by atoms with Crippen molar-refractivity contribution in [3.05, 3.63) is 42.0 Å². The number of methoxy groups -OCH3 is 1. The summed E-state index contributed by atoms with van der Waals surface area (Å²) in [5.74, 6) is -0.241. The van der Waals surface area contributed by atoms with Crippen molar-refractivity contribution >= 4 is 22.4 Å². The summed E-state index contributed by atoms with van der Waals surface area (Å²) in [6.07, 6.45) is 0.275. The minimum atomic E-state index is -0.241. The highest BCUT2D eigenvalue weighted by molar-refractivity contribution is 5.91. The van der Waals surface area contributed by atoms with Crippen LogP contribution < -0.4 is 5.73 Å². The lowest BCUT2D eigenvalue weighted by Gasteiger charge is -2.06. The Bertz CT molecular complexity index is 534. The predicted octanol–water partition coefficient (Wildman–Crippen LogP) is 2.14. The van der Waals surface area contributed by atoms with E-state index in [2.05, 4.69) is 4.74 Å². The number of benzene rings is 2. The maximum atomic E-state index is 11.3. The van der Waals surface area contributed by atoms with Crippen LogP contribution in [0.3, 0.4) is 0 Å². The number of ether oxygens (including phenoxy) is 1. The zero-order chi connectivity index (χ0) is 11.5. The number of esters is 1. The van der Waals surface area contributed by atoms with Crippen LogP contribution in [0.25, 0.3) is 10.8 Å². The molecule has 0 aromatic heterocycles. The SMILES string of the molecule is COC(=O)Cc1cccc2ccc(N)cc12. The lowest BCUT2D eigenvalue weighted by Crippen LogP contribution is -2.04. The van der Waals surface area contributed by atoms with Crippen molar-refractivity contribution in [1.29, 1.82) is 0 Å². The molecule has 0 saturated carbocycles. The zero-order valence-corrected chi connectivity index (χ0v) is 9.07. The highest BCUT2D eigenvalue weighted by Crippen LogP contribution is 2.22. The number of hydrogen-bond acceptors (Lipinski definition) is 3. The minimum Gasteiger partial charge on any atom is -0.469 e. The second kappa shape index (κ2) is 4.23. The number of carbonyl (C=O) groups excluding carboxylic acids is 1. The van der Waals surface area contributed by atoms with Crippen molar-refractivity contribution in [3.63, 3.8) is 0 Å². The molecule has 2 aromatic carbocycles. The van der Waals surface area contributed by atoms with Crippen LogP contribution in [0.15, 0.2) is 36.4 Å². The zero-order valence-electron chi connectivity index (χ0n) is 9.07. The van der Waals surface area contributed by atoms with Gasteiger partial charge in [-0.25, -0.2) is 0 Å². The molecule has 3 nitrogen and oxygen atoms in total. The fourth-order valence-corrected chi connectivity index (χ4v) is 1.74. The molecular formula is C13H13NO2. The molecule has 0 aliphatic heterocycles. The second-order valence-corrected chi connectivity index (χ2v) is 3.65. The average molecular weight is 215 g/mol. The van der Waals surface area contributed by atoms with Crippen LogP contribution >= 0.6 is 0 Å². The summed E-state index contributed by atoms with van der Waals surface area (Å²) in [4.78, 5) is 11.3. The maximum absolute atomic E-state index is 11.3. The van der Waals surface area contributed by atoms with Crippen LogP contribution in [0.4, 0.5) is 5.69 Å². The number of nitrogens with two attached hydrogens (primary N) is 1. The normalized spacial score (nSPS) is 10.3. The summed E-state index contributed by atoms with van der Waals surface area (Å²) < 4.78 is 4.66. The van der Waals surface area contributed by atoms with Crippen LogP contribution in [-0.4, -0.2) is 13.1 Å². The smallest absolute Gasteiger partial charge is 0.309 e. The minimum absolute atomic E-state index is 0.241. The predicted molar refractivity (Wildman–Crippen MR) is 64.1 cm³/mol. The Morgan fingerprint density at radius 3 is 2.88 bits per heavy atom. The molecule has 0 saturated heterocycles. The van der Waals surface area contributed by atoms with Gasteiger partial charge >= 0.3 is 5.97 Å². The second-order valence-electron chi connectivity index (χ2n) is 3.65. The molecule has 0 fully saturated rings. The van der Waals surface area contributed by atoms with Crippen molar-refractivity contribution in [3.8, 4) is 0 Å². The molecule has 0 aliphatic carbocycles. The topological polar surface area (TPSA) is 52.3 Å². The Hall–Kier alpha value is -2.03. The highest BCUT2D eigenvalue weighted by atomic mass is 16.5. The number of fused-ring (bicyclic) bond motifs is 1. The molecule has 2 N–H and O–H groups in total. The Morgan fingerprint density at radius 2 is 2.12 bits per heavy atom. The molecule has 0 spiro atoms. The Labute approximate surface area is 93.8 Å². The molecule has 0 unspecified atom stereocenters. The molecule has 0 atom stereocenters. The average Bonchev–Trinajstić information content (AvgIpc) is 2.29. The van der Waals surface area contributed by atoms with Gasteiger partial charge in [-0.05, 0) is 28.5 Å². The van der Waals surface area contributed by atoms with Gasteiger partial charge in [-0.3, -0.25) is 4.79 Å². The molecule has 0 amide bonds. The van der Waals surface area contributed by atoms with Gasteiger partial charge < -0.3 is 10.5 Å². The van der Waals surface area contributed by atoms with Crippen LogP contribution in [0.2, 0.25) is 0 Å². The van der Waals surface area contributed by atoms with E-state index in [0.717, 1.165) is 16.3 Å². The first-order valence-corrected chi connectivity index (χ1v) is 5.04. The standard InChI is InChI=1S/C13H13NO2/c1-16-13(15)7-10-4-2-3-9-5-6-11(14)8-12(9)10/h2-6,8H,7,14H2,1H3. The monoisotopic (exact) mass is 215 g/mol. The van der Waals surface area contributed by atoms with Crippen LogP contribution in [0.1, 0.15) is 5.56 Å². The fraction of sp³-hybridized carbons (Fsp3) is 0.154. The van der Waals surface area contributed by atoms with E-state index in [1.165, 1.54) is 7.11 Å². The number of hydrogen-bond donors (Lipinski definition) is 1. The molecule has 3 heteroatoms. The first-order valence-electron chi connectivity index (χ1n) is 5.04. The Morgan fingerprint density at radius 1 is 1.31 bits per heavy atom. The first-order chi connectivity index (χ1) is 7.70. The molecule has 0 heterocycles. The fourth-order valence-electron chi connectivity index (χ4n) is 1.74. The van der Waals surface area contributed by atoms with E-state index < -0.39 is 0 Å². The first kappa shape index (κ1) is 10.5. The van der Waals surface area contributed by atoms with Gasteiger partial charge in [0.05, 0.1) is 13.5 Å². The van der Waals surface area contributed by atoms with E-state index in [4.69, 9.17) is 5.73 Å². The van der Waals surface area contributed by atoms with Gasteiger partial charge in [0.15, 0.2) is 0 Å². The lowest BCUT2D eigenvalue weighted by atomic mass is 10.0. The number of nitrogen functional groups attached to an aromatic ring is 1. The van der Waals surface area contributed by atoms with Crippen LogP contribution in [0, 0.1) is 0 Å². The Kier molecular flexibility index (Phi) is 2.77. The van der Waals surface area contributed by atoms with E-state index in [-0.39, 0.29) is 12.4 Å². The van der Waals surface area contributed by atoms with Crippen molar-refractivity contribution < 1.29 is 9.53 Å². The van der Waals surface area contributed by atoms with Crippen LogP contribution in [-0.2, 0) is 16.0 Å². The van der Waals surface area contributed by atoms with E-state index in [1.54, 1.807) is 0 Å². The van der Waals surface area contributed by atoms with E-state index in [1.807, 2.05) is 36.4 Å². The lowest BCUT2D eigenvalue weighted by molar-refractivity contribution is -0.139. The molecule has 0 bridgehead atoms. The van der Waals surface area contributed by atoms with Gasteiger partial charge in [0.2, 0.25) is 0 Å². The Balaban J connectivity index is 2.52. The number of rotatable bonds is 2. The van der Waals surface area contributed by atoms with Gasteiger partial charge in [-0.15, -0.1) is 0 Å². The van der Waals surface area contributed by atoms with Gasteiger partial charge in [0, 0.05) is 5.69 Å². The quantitative estimate of drug-likeness (QED) is 0.616. The highest BCUT2D eigenvalue weighted by Gasteiger charge is 2.06. The summed E-state index contributed by atoms with van der Waals surface area (Å²) in [6.45, 7) is 0. The van der Waals surface area contributed by atoms with Crippen molar-refractivity contribution in [2.45, 2.75) is 6.42 Å². The van der Waals surface area contributed by atoms with E-state index >= 15 is 0 Å². The molecular weight excluding hydrogens is 202 g/mol. The van der Waals surface area contributed by atoms with E-state index in [0.29, 0.717) is 5.69 Å². The summed E-state index contributed by atoms with van der Waals surface area (Å²) in [7, 11) is 1.39. The summed E-state index contributed by atoms with van der Waals surface area (Å²) in [5, 5.41) is 2.09. The molecule has 16 heavy (non-hydrogen) atoms. The molecule has 82 valence electrons.